The molecule has 1 nitrogen and oxygen atoms in total. The van der Waals surface area contributed by atoms with E-state index in [1.807, 2.05) is 60.7 Å². The van der Waals surface area contributed by atoms with E-state index in [0.717, 1.165) is 10.4 Å². The van der Waals surface area contributed by atoms with Gasteiger partial charge in [0.25, 0.3) is 0 Å². The molecule has 85 valence electrons. The van der Waals surface area contributed by atoms with Crippen molar-refractivity contribution in [2.45, 2.75) is 6.04 Å². The van der Waals surface area contributed by atoms with Crippen LogP contribution in [0.5, 0.6) is 0 Å². The van der Waals surface area contributed by atoms with Gasteiger partial charge in [0.05, 0.1) is 0 Å². The molecule has 17 heavy (non-hydrogen) atoms. The third-order valence-corrected chi connectivity index (χ3v) is 6.31. The maximum absolute atomic E-state index is 13.2. The molecule has 0 saturated carbocycles. The Bertz CT molecular complexity index is 439. The lowest BCUT2D eigenvalue weighted by Crippen LogP contribution is -2.57. The lowest BCUT2D eigenvalue weighted by Gasteiger charge is -2.22. The first-order valence-corrected chi connectivity index (χ1v) is 7.81. The summed E-state index contributed by atoms with van der Waals surface area (Å²) < 4.78 is 0. The van der Waals surface area contributed by atoms with Crippen molar-refractivity contribution >= 4 is 18.7 Å². The maximum Gasteiger partial charge on any atom is 0.302 e. The van der Waals surface area contributed by atoms with Gasteiger partial charge in [-0.2, -0.15) is 0 Å². The van der Waals surface area contributed by atoms with Gasteiger partial charge in [-0.15, -0.1) is 6.58 Å². The molecule has 0 heterocycles. The van der Waals surface area contributed by atoms with E-state index in [4.69, 9.17) is 0 Å². The highest BCUT2D eigenvalue weighted by atomic mass is 28.4. The van der Waals surface area contributed by atoms with Crippen molar-refractivity contribution in [3.05, 3.63) is 73.3 Å². The van der Waals surface area contributed by atoms with Gasteiger partial charge < -0.3 is 0 Å². The van der Waals surface area contributed by atoms with Crippen LogP contribution in [0.15, 0.2) is 73.3 Å². The fraction of sp³-hybridized carbons (Fsp3) is 0.0667. The second-order valence-electron chi connectivity index (χ2n) is 4.05. The van der Waals surface area contributed by atoms with Gasteiger partial charge in [-0.1, -0.05) is 66.7 Å². The van der Waals surface area contributed by atoms with Crippen molar-refractivity contribution < 1.29 is 4.80 Å². The second-order valence-corrected chi connectivity index (χ2v) is 7.27. The molecule has 1 radical (unpaired) electrons. The Labute approximate surface area is 103 Å². The summed E-state index contributed by atoms with van der Waals surface area (Å²) in [5.74, 6) is 0. The predicted octanol–water partition coefficient (Wildman–Crippen LogP) is 2.36. The maximum atomic E-state index is 13.2. The molecule has 0 bridgehead atoms. The highest BCUT2D eigenvalue weighted by Gasteiger charge is 2.36. The molecule has 0 spiro atoms. The van der Waals surface area contributed by atoms with Crippen LogP contribution in [0.2, 0.25) is 6.04 Å². The molecule has 0 fully saturated rings. The molecule has 0 unspecified atom stereocenters. The first-order valence-electron chi connectivity index (χ1n) is 5.70. The summed E-state index contributed by atoms with van der Waals surface area (Å²) in [6.07, 6.45) is 1.75. The molecule has 0 saturated heterocycles. The van der Waals surface area contributed by atoms with E-state index in [1.165, 1.54) is 0 Å². The lowest BCUT2D eigenvalue weighted by atomic mass is 10.4. The number of hydrogen-bond acceptors (Lipinski definition) is 0. The summed E-state index contributed by atoms with van der Waals surface area (Å²) in [6, 6.07) is 19.9. The molecular formula is C15H15OSi. The highest BCUT2D eigenvalue weighted by molar-refractivity contribution is 6.96. The van der Waals surface area contributed by atoms with Crippen molar-refractivity contribution in [2.75, 3.05) is 0 Å². The number of rotatable bonds is 4. The van der Waals surface area contributed by atoms with Crippen LogP contribution >= 0.6 is 0 Å². The summed E-state index contributed by atoms with van der Waals surface area (Å²) >= 11 is 0. The summed E-state index contributed by atoms with van der Waals surface area (Å²) in [5.41, 5.74) is 0. The van der Waals surface area contributed by atoms with Gasteiger partial charge in [0.2, 0.25) is 0 Å². The van der Waals surface area contributed by atoms with E-state index in [-0.39, 0.29) is 0 Å². The predicted molar refractivity (Wildman–Crippen MR) is 73.6 cm³/mol. The second kappa shape index (κ2) is 5.12. The molecule has 2 aromatic rings. The SMILES string of the molecule is C=CC[Si]([O])(c1ccccc1)c1ccccc1. The van der Waals surface area contributed by atoms with Crippen LogP contribution in [0.1, 0.15) is 0 Å². The molecule has 0 aromatic heterocycles. The molecule has 0 N–H and O–H groups in total. The molecule has 0 aliphatic heterocycles. The van der Waals surface area contributed by atoms with Crippen molar-refractivity contribution in [1.82, 2.24) is 0 Å². The molecule has 0 aliphatic carbocycles. The van der Waals surface area contributed by atoms with E-state index in [2.05, 4.69) is 6.58 Å². The first-order chi connectivity index (χ1) is 8.27. The van der Waals surface area contributed by atoms with Crippen LogP contribution in [0, 0.1) is 0 Å². The van der Waals surface area contributed by atoms with Gasteiger partial charge in [0.15, 0.2) is 0 Å². The van der Waals surface area contributed by atoms with E-state index in [1.54, 1.807) is 6.08 Å². The summed E-state index contributed by atoms with van der Waals surface area (Å²) in [4.78, 5) is 13.2. The zero-order valence-corrected chi connectivity index (χ0v) is 10.7. The van der Waals surface area contributed by atoms with Crippen LogP contribution in [0.3, 0.4) is 0 Å². The molecule has 2 rings (SSSR count). The summed E-state index contributed by atoms with van der Waals surface area (Å²) in [7, 11) is -2.87. The van der Waals surface area contributed by atoms with Crippen LogP contribution in [0.25, 0.3) is 0 Å². The van der Waals surface area contributed by atoms with Crippen LogP contribution in [-0.2, 0) is 4.80 Å². The number of hydrogen-bond donors (Lipinski definition) is 0. The minimum atomic E-state index is -2.87. The quantitative estimate of drug-likeness (QED) is 0.576. The minimum absolute atomic E-state index is 0.529. The van der Waals surface area contributed by atoms with Crippen molar-refractivity contribution in [1.29, 1.82) is 0 Å². The Kier molecular flexibility index (Phi) is 3.57. The van der Waals surface area contributed by atoms with Gasteiger partial charge in [0.1, 0.15) is 0 Å². The molecule has 2 heteroatoms. The molecule has 0 atom stereocenters. The molecule has 2 aromatic carbocycles. The van der Waals surface area contributed by atoms with E-state index in [0.29, 0.717) is 6.04 Å². The third-order valence-electron chi connectivity index (χ3n) is 2.91. The van der Waals surface area contributed by atoms with E-state index < -0.39 is 8.32 Å². The largest absolute Gasteiger partial charge is 0.302 e. The van der Waals surface area contributed by atoms with E-state index >= 15 is 0 Å². The van der Waals surface area contributed by atoms with E-state index in [9.17, 15) is 4.80 Å². The topological polar surface area (TPSA) is 19.9 Å². The van der Waals surface area contributed by atoms with Gasteiger partial charge in [-0.25, -0.2) is 0 Å². The fourth-order valence-corrected chi connectivity index (χ4v) is 4.69. The zero-order chi connectivity index (χ0) is 12.1. The van der Waals surface area contributed by atoms with Crippen molar-refractivity contribution in [2.24, 2.45) is 0 Å². The van der Waals surface area contributed by atoms with Crippen molar-refractivity contribution in [3.8, 4) is 0 Å². The van der Waals surface area contributed by atoms with Crippen LogP contribution in [0.4, 0.5) is 0 Å². The van der Waals surface area contributed by atoms with Crippen LogP contribution < -0.4 is 10.4 Å². The molecular weight excluding hydrogens is 224 g/mol. The normalized spacial score (nSPS) is 11.1. The average Bonchev–Trinajstić information content (AvgIpc) is 2.41. The molecule has 0 aliphatic rings. The monoisotopic (exact) mass is 239 g/mol. The first kappa shape index (κ1) is 11.8. The minimum Gasteiger partial charge on any atom is -0.285 e. The Morgan fingerprint density at radius 3 is 1.65 bits per heavy atom. The lowest BCUT2D eigenvalue weighted by molar-refractivity contribution is 0.445. The Balaban J connectivity index is 2.50. The Morgan fingerprint density at radius 2 is 1.29 bits per heavy atom. The standard InChI is InChI=1S/C15H15OSi/c1-2-13-17(16,14-9-5-3-6-10-14)15-11-7-4-8-12-15/h2-12H,1,13H2. The Morgan fingerprint density at radius 1 is 0.882 bits per heavy atom. The average molecular weight is 239 g/mol. The van der Waals surface area contributed by atoms with Gasteiger partial charge in [-0.3, -0.25) is 4.80 Å². The smallest absolute Gasteiger partial charge is 0.285 e. The fourth-order valence-electron chi connectivity index (χ4n) is 2.02. The van der Waals surface area contributed by atoms with Gasteiger partial charge in [0, 0.05) is 0 Å². The number of allylic oxidation sites excluding steroid dienone is 1. The van der Waals surface area contributed by atoms with Crippen molar-refractivity contribution in [3.63, 3.8) is 0 Å². The van der Waals surface area contributed by atoms with Crippen LogP contribution in [-0.4, -0.2) is 8.32 Å². The third kappa shape index (κ3) is 2.38. The summed E-state index contributed by atoms with van der Waals surface area (Å²) in [6.45, 7) is 3.73. The highest BCUT2D eigenvalue weighted by Crippen LogP contribution is 2.09. The molecule has 0 amide bonds. The van der Waals surface area contributed by atoms with Gasteiger partial charge >= 0.3 is 8.32 Å². The van der Waals surface area contributed by atoms with Gasteiger partial charge in [-0.05, 0) is 16.4 Å². The zero-order valence-electron chi connectivity index (χ0n) is 9.67. The summed E-state index contributed by atoms with van der Waals surface area (Å²) in [5, 5.41) is 1.84. The Hall–Kier alpha value is -1.64. The number of benzene rings is 2.